The van der Waals surface area contributed by atoms with E-state index in [-0.39, 0.29) is 0 Å². The molecule has 0 unspecified atom stereocenters. The molecular formula is C5H2BrClF4O2. The Morgan fingerprint density at radius 2 is 1.54 bits per heavy atom. The van der Waals surface area contributed by atoms with E-state index in [1.165, 1.54) is 0 Å². The summed E-state index contributed by atoms with van der Waals surface area (Å²) in [5.74, 6) is -4.02. The lowest BCUT2D eigenvalue weighted by Gasteiger charge is -2.08. The van der Waals surface area contributed by atoms with Crippen LogP contribution in [0.3, 0.4) is 0 Å². The molecule has 0 radical (unpaired) electrons. The highest BCUT2D eigenvalue weighted by atomic mass is 79.9. The molecule has 8 heteroatoms. The zero-order chi connectivity index (χ0) is 10.9. The molecule has 0 bridgehead atoms. The fraction of sp³-hybridized carbons (Fsp3) is 0.600. The summed E-state index contributed by atoms with van der Waals surface area (Å²) in [6, 6.07) is 0. The molecular weight excluding hydrogens is 283 g/mol. The number of alkyl halides is 6. The van der Waals surface area contributed by atoms with Crippen LogP contribution in [0.2, 0.25) is 0 Å². The van der Waals surface area contributed by atoms with Gasteiger partial charge in [-0.2, -0.15) is 17.6 Å². The maximum Gasteiger partial charge on any atom is 0.380 e. The second-order valence-electron chi connectivity index (χ2n) is 2.02. The van der Waals surface area contributed by atoms with E-state index >= 15 is 0 Å². The fourth-order valence-electron chi connectivity index (χ4n) is 0.346. The van der Waals surface area contributed by atoms with Gasteiger partial charge in [0.1, 0.15) is 0 Å². The summed E-state index contributed by atoms with van der Waals surface area (Å²) in [4.78, 5) is 16.6. The average molecular weight is 285 g/mol. The lowest BCUT2D eigenvalue weighted by atomic mass is 10.2. The zero-order valence-corrected chi connectivity index (χ0v) is 8.13. The number of rotatable bonds is 4. The van der Waals surface area contributed by atoms with E-state index in [1.54, 1.807) is 15.9 Å². The van der Waals surface area contributed by atoms with E-state index in [1.807, 2.05) is 0 Å². The van der Waals surface area contributed by atoms with Gasteiger partial charge in [0.25, 0.3) is 0 Å². The first-order valence-electron chi connectivity index (χ1n) is 2.75. The molecule has 2 nitrogen and oxygen atoms in total. The van der Waals surface area contributed by atoms with Crippen LogP contribution in [0.25, 0.3) is 0 Å². The molecule has 13 heavy (non-hydrogen) atoms. The molecule has 0 aliphatic heterocycles. The monoisotopic (exact) mass is 284 g/mol. The normalized spacial score (nSPS) is 12.8. The maximum absolute atomic E-state index is 12.0. The second kappa shape index (κ2) is 3.91. The smallest absolute Gasteiger partial charge is 0.291 e. The first-order chi connectivity index (χ1) is 5.55. The molecule has 0 atom stereocenters. The molecule has 0 aromatic heterocycles. The van der Waals surface area contributed by atoms with Crippen molar-refractivity contribution >= 4 is 39.1 Å². The third-order valence-electron chi connectivity index (χ3n) is 0.953. The van der Waals surface area contributed by atoms with Gasteiger partial charge >= 0.3 is 10.2 Å². The van der Waals surface area contributed by atoms with Gasteiger partial charge in [0.15, 0.2) is 0 Å². The first kappa shape index (κ1) is 12.8. The largest absolute Gasteiger partial charge is 0.380 e. The molecule has 0 saturated carbocycles. The molecule has 0 saturated heterocycles. The molecule has 0 rings (SSSR count). The number of ketones is 2. The first-order valence-corrected chi connectivity index (χ1v) is 3.92. The van der Waals surface area contributed by atoms with Crippen LogP contribution in [0, 0.1) is 0 Å². The van der Waals surface area contributed by atoms with Gasteiger partial charge < -0.3 is 0 Å². The molecule has 0 heterocycles. The van der Waals surface area contributed by atoms with Crippen LogP contribution in [0.15, 0.2) is 0 Å². The minimum atomic E-state index is -4.28. The summed E-state index contributed by atoms with van der Waals surface area (Å²) in [6.45, 7) is 0. The Morgan fingerprint density at radius 3 is 1.77 bits per heavy atom. The van der Waals surface area contributed by atoms with Crippen LogP contribution in [-0.4, -0.2) is 21.8 Å². The van der Waals surface area contributed by atoms with Crippen molar-refractivity contribution in [2.45, 2.75) is 16.6 Å². The molecule has 0 aromatic carbocycles. The van der Waals surface area contributed by atoms with E-state index < -0.39 is 28.2 Å². The molecule has 0 amide bonds. The highest BCUT2D eigenvalue weighted by Gasteiger charge is 2.42. The van der Waals surface area contributed by atoms with Gasteiger partial charge in [0, 0.05) is 0 Å². The summed E-state index contributed by atoms with van der Waals surface area (Å²) < 4.78 is 47.7. The molecule has 76 valence electrons. The topological polar surface area (TPSA) is 34.1 Å². The molecule has 0 spiro atoms. The molecule has 0 aliphatic rings. The number of halogens is 6. The Morgan fingerprint density at radius 1 is 1.15 bits per heavy atom. The summed E-state index contributed by atoms with van der Waals surface area (Å²) in [5.41, 5.74) is 0. The highest BCUT2D eigenvalue weighted by molar-refractivity contribution is 9.10. The van der Waals surface area contributed by atoms with E-state index in [0.717, 1.165) is 0 Å². The summed E-state index contributed by atoms with van der Waals surface area (Å²) in [7, 11) is 0. The Hall–Kier alpha value is -0.170. The maximum atomic E-state index is 12.0. The SMILES string of the molecule is O=C(CC(=O)C(F)(F)Br)C(F)(F)Cl. The van der Waals surface area contributed by atoms with Gasteiger partial charge in [-0.25, -0.2) is 0 Å². The lowest BCUT2D eigenvalue weighted by Crippen LogP contribution is -2.30. The predicted molar refractivity (Wildman–Crippen MR) is 39.3 cm³/mol. The van der Waals surface area contributed by atoms with Crippen molar-refractivity contribution in [3.63, 3.8) is 0 Å². The second-order valence-corrected chi connectivity index (χ2v) is 3.49. The van der Waals surface area contributed by atoms with Crippen LogP contribution in [0.5, 0.6) is 0 Å². The Balaban J connectivity index is 4.34. The minimum absolute atomic E-state index is 1.62. The van der Waals surface area contributed by atoms with E-state index in [0.29, 0.717) is 0 Å². The molecule has 0 aromatic rings. The van der Waals surface area contributed by atoms with Crippen molar-refractivity contribution in [3.8, 4) is 0 Å². The van der Waals surface area contributed by atoms with Crippen molar-refractivity contribution in [3.05, 3.63) is 0 Å². The van der Waals surface area contributed by atoms with Crippen LogP contribution in [0.1, 0.15) is 6.42 Å². The van der Waals surface area contributed by atoms with Crippen molar-refractivity contribution in [1.82, 2.24) is 0 Å². The Kier molecular flexibility index (Phi) is 3.86. The summed E-state index contributed by atoms with van der Waals surface area (Å²) >= 11 is 5.80. The van der Waals surface area contributed by atoms with Crippen molar-refractivity contribution in [2.24, 2.45) is 0 Å². The average Bonchev–Trinajstić information content (AvgIpc) is 1.82. The number of carbonyl (C=O) groups excluding carboxylic acids is 2. The van der Waals surface area contributed by atoms with Crippen molar-refractivity contribution in [2.75, 3.05) is 0 Å². The predicted octanol–water partition coefficient (Wildman–Crippen LogP) is 2.33. The van der Waals surface area contributed by atoms with Crippen molar-refractivity contribution < 1.29 is 27.2 Å². The fourth-order valence-corrected chi connectivity index (χ4v) is 0.553. The summed E-state index contributed by atoms with van der Waals surface area (Å²) in [6.07, 6.45) is -1.62. The van der Waals surface area contributed by atoms with Gasteiger partial charge in [-0.15, -0.1) is 0 Å². The number of hydrogen-bond acceptors (Lipinski definition) is 2. The van der Waals surface area contributed by atoms with Crippen LogP contribution < -0.4 is 0 Å². The Labute approximate surface area is 83.4 Å². The van der Waals surface area contributed by atoms with Crippen LogP contribution in [-0.2, 0) is 9.59 Å². The third-order valence-corrected chi connectivity index (χ3v) is 1.61. The number of hydrogen-bond donors (Lipinski definition) is 0. The number of Topliss-reactive ketones (excluding diaryl/α,β-unsaturated/α-hetero) is 2. The van der Waals surface area contributed by atoms with Crippen molar-refractivity contribution in [1.29, 1.82) is 0 Å². The molecule has 0 N–H and O–H groups in total. The van der Waals surface area contributed by atoms with E-state index in [2.05, 4.69) is 11.6 Å². The lowest BCUT2D eigenvalue weighted by molar-refractivity contribution is -0.142. The highest BCUT2D eigenvalue weighted by Crippen LogP contribution is 2.28. The van der Waals surface area contributed by atoms with Gasteiger partial charge in [0.05, 0.1) is 6.42 Å². The van der Waals surface area contributed by atoms with Crippen LogP contribution in [0.4, 0.5) is 17.6 Å². The van der Waals surface area contributed by atoms with Gasteiger partial charge in [-0.1, -0.05) is 0 Å². The minimum Gasteiger partial charge on any atom is -0.291 e. The zero-order valence-electron chi connectivity index (χ0n) is 5.79. The number of carbonyl (C=O) groups is 2. The van der Waals surface area contributed by atoms with Gasteiger partial charge in [0.2, 0.25) is 11.6 Å². The van der Waals surface area contributed by atoms with Crippen LogP contribution >= 0.6 is 27.5 Å². The van der Waals surface area contributed by atoms with E-state index in [4.69, 9.17) is 0 Å². The third kappa shape index (κ3) is 4.56. The van der Waals surface area contributed by atoms with Gasteiger partial charge in [-0.05, 0) is 27.5 Å². The molecule has 0 aliphatic carbocycles. The standard InChI is InChI=1S/C5H2BrClF4O2/c6-4(8,9)2(12)1-3(13)5(7,10)11/h1H2. The Bertz CT molecular complexity index is 208. The quantitative estimate of drug-likeness (QED) is 0.451. The van der Waals surface area contributed by atoms with E-state index in [9.17, 15) is 27.2 Å². The summed E-state index contributed by atoms with van der Waals surface area (Å²) in [5, 5.41) is -4.28. The van der Waals surface area contributed by atoms with Gasteiger partial charge in [-0.3, -0.25) is 9.59 Å². The molecule has 0 fully saturated rings.